The van der Waals surface area contributed by atoms with E-state index in [1.807, 2.05) is 30.3 Å². The van der Waals surface area contributed by atoms with E-state index >= 15 is 0 Å². The summed E-state index contributed by atoms with van der Waals surface area (Å²) in [5.41, 5.74) is 1.16. The second-order valence-electron chi connectivity index (χ2n) is 5.09. The van der Waals surface area contributed by atoms with E-state index in [1.54, 1.807) is 0 Å². The van der Waals surface area contributed by atoms with Crippen molar-refractivity contribution in [2.75, 3.05) is 26.4 Å². The lowest BCUT2D eigenvalue weighted by Gasteiger charge is -2.08. The van der Waals surface area contributed by atoms with E-state index in [1.165, 1.54) is 0 Å². The SMILES string of the molecule is CC(C)COCCCNCc1cccc(OCC#N)c1. The lowest BCUT2D eigenvalue weighted by atomic mass is 10.2. The molecule has 20 heavy (non-hydrogen) atoms. The predicted molar refractivity (Wildman–Crippen MR) is 79.5 cm³/mol. The maximum atomic E-state index is 8.48. The highest BCUT2D eigenvalue weighted by atomic mass is 16.5. The number of ether oxygens (including phenoxy) is 2. The van der Waals surface area contributed by atoms with E-state index in [9.17, 15) is 0 Å². The molecule has 0 aliphatic carbocycles. The molecule has 0 radical (unpaired) electrons. The molecule has 0 atom stereocenters. The fourth-order valence-corrected chi connectivity index (χ4v) is 1.71. The smallest absolute Gasteiger partial charge is 0.174 e. The summed E-state index contributed by atoms with van der Waals surface area (Å²) < 4.78 is 10.8. The lowest BCUT2D eigenvalue weighted by molar-refractivity contribution is 0.108. The summed E-state index contributed by atoms with van der Waals surface area (Å²) in [6, 6.07) is 9.77. The van der Waals surface area contributed by atoms with E-state index in [-0.39, 0.29) is 6.61 Å². The number of hydrogen-bond acceptors (Lipinski definition) is 4. The van der Waals surface area contributed by atoms with E-state index in [0.29, 0.717) is 5.92 Å². The second-order valence-corrected chi connectivity index (χ2v) is 5.09. The predicted octanol–water partition coefficient (Wildman–Crippen LogP) is 2.74. The molecule has 0 aliphatic rings. The van der Waals surface area contributed by atoms with Crippen LogP contribution in [0.4, 0.5) is 0 Å². The maximum absolute atomic E-state index is 8.48. The van der Waals surface area contributed by atoms with Crippen LogP contribution < -0.4 is 10.1 Å². The van der Waals surface area contributed by atoms with Gasteiger partial charge in [-0.25, -0.2) is 0 Å². The fourth-order valence-electron chi connectivity index (χ4n) is 1.71. The summed E-state index contributed by atoms with van der Waals surface area (Å²) in [6.45, 7) is 7.76. The van der Waals surface area contributed by atoms with Crippen molar-refractivity contribution in [2.24, 2.45) is 5.92 Å². The van der Waals surface area contributed by atoms with E-state index in [4.69, 9.17) is 14.7 Å². The molecule has 0 bridgehead atoms. The van der Waals surface area contributed by atoms with Gasteiger partial charge in [0.25, 0.3) is 0 Å². The van der Waals surface area contributed by atoms with Gasteiger partial charge in [0, 0.05) is 19.8 Å². The molecular weight excluding hydrogens is 252 g/mol. The quantitative estimate of drug-likeness (QED) is 0.668. The zero-order chi connectivity index (χ0) is 14.6. The summed E-state index contributed by atoms with van der Waals surface area (Å²) in [5, 5.41) is 11.8. The van der Waals surface area contributed by atoms with Gasteiger partial charge in [-0.1, -0.05) is 26.0 Å². The van der Waals surface area contributed by atoms with Crippen LogP contribution in [0.5, 0.6) is 5.75 Å². The monoisotopic (exact) mass is 276 g/mol. The first-order valence-corrected chi connectivity index (χ1v) is 7.09. The number of nitriles is 1. The highest BCUT2D eigenvalue weighted by Crippen LogP contribution is 2.12. The summed E-state index contributed by atoms with van der Waals surface area (Å²) in [7, 11) is 0. The molecule has 0 spiro atoms. The molecule has 0 saturated carbocycles. The third-order valence-corrected chi connectivity index (χ3v) is 2.62. The molecule has 0 aliphatic heterocycles. The van der Waals surface area contributed by atoms with Crippen molar-refractivity contribution < 1.29 is 9.47 Å². The van der Waals surface area contributed by atoms with Crippen molar-refractivity contribution in [2.45, 2.75) is 26.8 Å². The van der Waals surface area contributed by atoms with Gasteiger partial charge in [-0.2, -0.15) is 5.26 Å². The largest absolute Gasteiger partial charge is 0.479 e. The van der Waals surface area contributed by atoms with Crippen LogP contribution >= 0.6 is 0 Å². The summed E-state index contributed by atoms with van der Waals surface area (Å²) in [5.74, 6) is 1.34. The molecule has 1 aromatic rings. The van der Waals surface area contributed by atoms with Gasteiger partial charge in [-0.15, -0.1) is 0 Å². The van der Waals surface area contributed by atoms with Crippen molar-refractivity contribution in [3.05, 3.63) is 29.8 Å². The normalized spacial score (nSPS) is 10.5. The first-order valence-electron chi connectivity index (χ1n) is 7.09. The van der Waals surface area contributed by atoms with Crippen LogP contribution in [-0.4, -0.2) is 26.4 Å². The minimum absolute atomic E-state index is 0.0874. The van der Waals surface area contributed by atoms with Crippen LogP contribution in [0.15, 0.2) is 24.3 Å². The van der Waals surface area contributed by atoms with Gasteiger partial charge >= 0.3 is 0 Å². The number of hydrogen-bond donors (Lipinski definition) is 1. The van der Waals surface area contributed by atoms with Gasteiger partial charge in [0.2, 0.25) is 0 Å². The molecule has 0 aromatic heterocycles. The van der Waals surface area contributed by atoms with Crippen LogP contribution in [-0.2, 0) is 11.3 Å². The molecule has 1 aromatic carbocycles. The van der Waals surface area contributed by atoms with Gasteiger partial charge in [0.05, 0.1) is 0 Å². The van der Waals surface area contributed by atoms with E-state index in [0.717, 1.165) is 44.0 Å². The van der Waals surface area contributed by atoms with Crippen LogP contribution in [0.1, 0.15) is 25.8 Å². The van der Waals surface area contributed by atoms with E-state index in [2.05, 4.69) is 19.2 Å². The Balaban J connectivity index is 2.14. The standard InChI is InChI=1S/C16H24N2O2/c1-14(2)13-19-9-4-8-18-12-15-5-3-6-16(11-15)20-10-7-17/h3,5-6,11,14,18H,4,8-10,12-13H2,1-2H3. The Morgan fingerprint density at radius 2 is 2.20 bits per heavy atom. The number of nitrogens with one attached hydrogen (secondary N) is 1. The van der Waals surface area contributed by atoms with E-state index < -0.39 is 0 Å². The number of benzene rings is 1. The Hall–Kier alpha value is -1.57. The zero-order valence-electron chi connectivity index (χ0n) is 12.4. The third kappa shape index (κ3) is 7.78. The average Bonchev–Trinajstić information content (AvgIpc) is 2.44. The van der Waals surface area contributed by atoms with Crippen molar-refractivity contribution >= 4 is 0 Å². The van der Waals surface area contributed by atoms with Crippen LogP contribution in [0.3, 0.4) is 0 Å². The number of nitrogens with zero attached hydrogens (tertiary/aromatic N) is 1. The Kier molecular flexibility index (Phi) is 8.44. The van der Waals surface area contributed by atoms with Crippen molar-refractivity contribution in [1.29, 1.82) is 5.26 Å². The van der Waals surface area contributed by atoms with Gasteiger partial charge in [0.1, 0.15) is 11.8 Å². The molecule has 0 heterocycles. The molecule has 0 saturated heterocycles. The van der Waals surface area contributed by atoms with Gasteiger partial charge in [-0.05, 0) is 36.6 Å². The molecular formula is C16H24N2O2. The minimum atomic E-state index is 0.0874. The summed E-state index contributed by atoms with van der Waals surface area (Å²) in [6.07, 6.45) is 1.01. The highest BCUT2D eigenvalue weighted by molar-refractivity contribution is 5.28. The lowest BCUT2D eigenvalue weighted by Crippen LogP contribution is -2.17. The van der Waals surface area contributed by atoms with Gasteiger partial charge < -0.3 is 14.8 Å². The molecule has 0 amide bonds. The topological polar surface area (TPSA) is 54.3 Å². The second kappa shape index (κ2) is 10.2. The molecule has 0 unspecified atom stereocenters. The summed E-state index contributed by atoms with van der Waals surface area (Å²) >= 11 is 0. The number of rotatable bonds is 10. The van der Waals surface area contributed by atoms with Crippen LogP contribution in [0, 0.1) is 17.2 Å². The molecule has 4 heteroatoms. The van der Waals surface area contributed by atoms with Crippen molar-refractivity contribution in [3.63, 3.8) is 0 Å². The molecule has 0 fully saturated rings. The van der Waals surface area contributed by atoms with Crippen LogP contribution in [0.25, 0.3) is 0 Å². The van der Waals surface area contributed by atoms with Crippen LogP contribution in [0.2, 0.25) is 0 Å². The van der Waals surface area contributed by atoms with Gasteiger partial charge in [-0.3, -0.25) is 0 Å². The maximum Gasteiger partial charge on any atom is 0.174 e. The summed E-state index contributed by atoms with van der Waals surface area (Å²) in [4.78, 5) is 0. The first-order chi connectivity index (χ1) is 9.72. The van der Waals surface area contributed by atoms with Crippen molar-refractivity contribution in [3.8, 4) is 11.8 Å². The van der Waals surface area contributed by atoms with Gasteiger partial charge in [0.15, 0.2) is 6.61 Å². The Bertz CT molecular complexity index is 413. The molecule has 1 rings (SSSR count). The highest BCUT2D eigenvalue weighted by Gasteiger charge is 1.97. The first kappa shape index (κ1) is 16.5. The van der Waals surface area contributed by atoms with Crippen molar-refractivity contribution in [1.82, 2.24) is 5.32 Å². The third-order valence-electron chi connectivity index (χ3n) is 2.62. The molecule has 110 valence electrons. The zero-order valence-corrected chi connectivity index (χ0v) is 12.4. The Morgan fingerprint density at radius 3 is 2.95 bits per heavy atom. The minimum Gasteiger partial charge on any atom is -0.479 e. The Morgan fingerprint density at radius 1 is 1.35 bits per heavy atom. The Labute approximate surface area is 121 Å². The molecule has 4 nitrogen and oxygen atoms in total. The fraction of sp³-hybridized carbons (Fsp3) is 0.562. The average molecular weight is 276 g/mol. The molecule has 1 N–H and O–H groups in total.